The van der Waals surface area contributed by atoms with Crippen molar-refractivity contribution in [3.8, 4) is 16.9 Å². The number of Topliss-reactive ketones (excluding diaryl/α,β-unsaturated/α-hetero) is 1. The van der Waals surface area contributed by atoms with Gasteiger partial charge in [-0.2, -0.15) is 0 Å². The van der Waals surface area contributed by atoms with Crippen LogP contribution in [0.15, 0.2) is 78.9 Å². The third kappa shape index (κ3) is 4.60. The second kappa shape index (κ2) is 8.28. The maximum atomic E-state index is 12.9. The molecule has 0 N–H and O–H groups in total. The summed E-state index contributed by atoms with van der Waals surface area (Å²) in [6, 6.07) is 25.2. The van der Waals surface area contributed by atoms with Gasteiger partial charge in [0.2, 0.25) is 5.01 Å². The highest BCUT2D eigenvalue weighted by Gasteiger charge is 2.35. The zero-order chi connectivity index (χ0) is 19.4. The number of carbonyl (C=O) groups is 1. The Morgan fingerprint density at radius 3 is 2.04 bits per heavy atom. The minimum Gasteiger partial charge on any atom is -0.471 e. The Morgan fingerprint density at radius 1 is 0.889 bits per heavy atom. The third-order valence-electron chi connectivity index (χ3n) is 4.59. The quantitative estimate of drug-likeness (QED) is 0.398. The molecule has 0 aliphatic rings. The lowest BCUT2D eigenvalue weighted by Gasteiger charge is -2.26. The first kappa shape index (κ1) is 19.7. The van der Waals surface area contributed by atoms with E-state index in [1.165, 1.54) is 0 Å². The fourth-order valence-electron chi connectivity index (χ4n) is 2.82. The van der Waals surface area contributed by atoms with Gasteiger partial charge in [0.15, 0.2) is 5.78 Å². The zero-order valence-electron chi connectivity index (χ0n) is 15.2. The first-order valence-corrected chi connectivity index (χ1v) is 9.94. The van der Waals surface area contributed by atoms with E-state index in [0.29, 0.717) is 10.8 Å². The smallest absolute Gasteiger partial charge is 0.211 e. The van der Waals surface area contributed by atoms with Crippen molar-refractivity contribution in [2.75, 3.05) is 0 Å². The fraction of sp³-hybridized carbons (Fsp3) is 0.174. The topological polar surface area (TPSA) is 26.3 Å². The Balaban J connectivity index is 1.71. The van der Waals surface area contributed by atoms with Crippen LogP contribution in [0.3, 0.4) is 0 Å². The van der Waals surface area contributed by atoms with Gasteiger partial charge in [0.25, 0.3) is 0 Å². The largest absolute Gasteiger partial charge is 0.471 e. The summed E-state index contributed by atoms with van der Waals surface area (Å²) in [7, 11) is 0. The summed E-state index contributed by atoms with van der Waals surface area (Å²) in [5, 5.41) is -0.0992. The van der Waals surface area contributed by atoms with Crippen LogP contribution < -0.4 is 4.74 Å². The lowest BCUT2D eigenvalue weighted by atomic mass is 9.81. The molecule has 138 valence electrons. The van der Waals surface area contributed by atoms with E-state index in [1.807, 2.05) is 68.4 Å². The molecule has 3 aromatic carbocycles. The summed E-state index contributed by atoms with van der Waals surface area (Å²) >= 11 is 9.34. The van der Waals surface area contributed by atoms with Gasteiger partial charge in [0, 0.05) is 5.02 Å². The molecule has 0 amide bonds. The molecule has 4 heteroatoms. The lowest BCUT2D eigenvalue weighted by molar-refractivity contribution is -0.126. The van der Waals surface area contributed by atoms with Crippen molar-refractivity contribution in [1.29, 1.82) is 0 Å². The summed E-state index contributed by atoms with van der Waals surface area (Å²) in [6.45, 7) is 3.77. The van der Waals surface area contributed by atoms with Gasteiger partial charge in [-0.15, -0.1) is 0 Å². The molecule has 0 aliphatic carbocycles. The Labute approximate surface area is 173 Å². The molecule has 0 saturated heterocycles. The maximum absolute atomic E-state index is 12.9. The number of benzene rings is 3. The first-order chi connectivity index (χ1) is 12.9. The summed E-state index contributed by atoms with van der Waals surface area (Å²) in [6.07, 6.45) is 0. The Hall–Kier alpha value is -2.10. The molecule has 0 saturated carbocycles. The number of hydrogen-bond acceptors (Lipinski definition) is 2. The number of ether oxygens (including phenoxy) is 1. The summed E-state index contributed by atoms with van der Waals surface area (Å²) in [5.41, 5.74) is 2.42. The van der Waals surface area contributed by atoms with Crippen LogP contribution in [0.4, 0.5) is 0 Å². The maximum Gasteiger partial charge on any atom is 0.211 e. The van der Waals surface area contributed by atoms with Crippen LogP contribution in [0.25, 0.3) is 11.1 Å². The SMILES string of the molecule is CC(C)(C(=O)C(Br)Oc1ccc(-c2ccccc2)cc1)c1ccc(Cl)cc1. The molecule has 0 radical (unpaired) electrons. The van der Waals surface area contributed by atoms with Crippen molar-refractivity contribution in [2.24, 2.45) is 0 Å². The molecule has 0 fully saturated rings. The number of carbonyl (C=O) groups excluding carboxylic acids is 1. The molecule has 1 atom stereocenters. The summed E-state index contributed by atoms with van der Waals surface area (Å²) < 4.78 is 5.84. The van der Waals surface area contributed by atoms with Crippen molar-refractivity contribution in [2.45, 2.75) is 24.3 Å². The van der Waals surface area contributed by atoms with Crippen molar-refractivity contribution in [3.05, 3.63) is 89.4 Å². The molecule has 3 aromatic rings. The van der Waals surface area contributed by atoms with Gasteiger partial charge in [-0.25, -0.2) is 0 Å². The van der Waals surface area contributed by atoms with Gasteiger partial charge in [0.1, 0.15) is 5.75 Å². The van der Waals surface area contributed by atoms with Crippen LogP contribution in [-0.2, 0) is 10.2 Å². The Kier molecular flexibility index (Phi) is 6.03. The van der Waals surface area contributed by atoms with Crippen LogP contribution in [0.5, 0.6) is 5.75 Å². The molecule has 0 heterocycles. The van der Waals surface area contributed by atoms with E-state index in [9.17, 15) is 4.79 Å². The van der Waals surface area contributed by atoms with Crippen molar-refractivity contribution < 1.29 is 9.53 Å². The van der Waals surface area contributed by atoms with Crippen LogP contribution in [0.1, 0.15) is 19.4 Å². The second-order valence-electron chi connectivity index (χ2n) is 6.82. The fourth-order valence-corrected chi connectivity index (χ4v) is 3.74. The predicted octanol–water partition coefficient (Wildman–Crippen LogP) is 6.65. The minimum atomic E-state index is -0.745. The average Bonchev–Trinajstić information content (AvgIpc) is 2.69. The van der Waals surface area contributed by atoms with E-state index in [2.05, 4.69) is 28.1 Å². The molecule has 0 bridgehead atoms. The van der Waals surface area contributed by atoms with Gasteiger partial charge >= 0.3 is 0 Å². The van der Waals surface area contributed by atoms with E-state index in [4.69, 9.17) is 16.3 Å². The van der Waals surface area contributed by atoms with Crippen LogP contribution in [0, 0.1) is 0 Å². The number of ketones is 1. The van der Waals surface area contributed by atoms with Crippen LogP contribution >= 0.6 is 27.5 Å². The van der Waals surface area contributed by atoms with E-state index in [0.717, 1.165) is 16.7 Å². The van der Waals surface area contributed by atoms with Gasteiger partial charge in [-0.3, -0.25) is 4.79 Å². The summed E-state index contributed by atoms with van der Waals surface area (Å²) in [5.74, 6) is 0.578. The second-order valence-corrected chi connectivity index (χ2v) is 8.09. The molecule has 3 rings (SSSR count). The predicted molar refractivity (Wildman–Crippen MR) is 115 cm³/mol. The van der Waals surface area contributed by atoms with Crippen molar-refractivity contribution in [3.63, 3.8) is 0 Å². The Morgan fingerprint density at radius 2 is 1.44 bits per heavy atom. The van der Waals surface area contributed by atoms with E-state index >= 15 is 0 Å². The molecule has 27 heavy (non-hydrogen) atoms. The van der Waals surface area contributed by atoms with E-state index in [-0.39, 0.29) is 5.78 Å². The molecule has 1 unspecified atom stereocenters. The van der Waals surface area contributed by atoms with Gasteiger partial charge < -0.3 is 4.74 Å². The highest BCUT2D eigenvalue weighted by molar-refractivity contribution is 9.09. The molecule has 0 spiro atoms. The van der Waals surface area contributed by atoms with Crippen LogP contribution in [-0.4, -0.2) is 10.8 Å². The Bertz CT molecular complexity index is 903. The number of rotatable bonds is 6. The molecular formula is C23H20BrClO2. The number of halogens is 2. The van der Waals surface area contributed by atoms with Gasteiger partial charge in [-0.1, -0.05) is 66.2 Å². The average molecular weight is 444 g/mol. The normalized spacial score (nSPS) is 12.4. The monoisotopic (exact) mass is 442 g/mol. The zero-order valence-corrected chi connectivity index (χ0v) is 17.5. The summed E-state index contributed by atoms with van der Waals surface area (Å²) in [4.78, 5) is 12.9. The standard InChI is InChI=1S/C23H20BrClO2/c1-23(2,18-10-12-19(25)13-11-18)21(26)22(24)27-20-14-8-17(9-15-20)16-6-4-3-5-7-16/h3-15,22H,1-2H3. The number of hydrogen-bond donors (Lipinski definition) is 0. The molecule has 0 aromatic heterocycles. The highest BCUT2D eigenvalue weighted by atomic mass is 79.9. The first-order valence-electron chi connectivity index (χ1n) is 8.64. The molecule has 0 aliphatic heterocycles. The highest BCUT2D eigenvalue weighted by Crippen LogP contribution is 2.30. The molecule has 2 nitrogen and oxygen atoms in total. The minimum absolute atomic E-state index is 0.0584. The van der Waals surface area contributed by atoms with E-state index < -0.39 is 10.4 Å². The van der Waals surface area contributed by atoms with Crippen LogP contribution in [0.2, 0.25) is 5.02 Å². The molecular weight excluding hydrogens is 424 g/mol. The van der Waals surface area contributed by atoms with Crippen molar-refractivity contribution in [1.82, 2.24) is 0 Å². The van der Waals surface area contributed by atoms with Gasteiger partial charge in [-0.05, 0) is 70.7 Å². The lowest BCUT2D eigenvalue weighted by Crippen LogP contribution is -2.37. The van der Waals surface area contributed by atoms with Gasteiger partial charge in [0.05, 0.1) is 5.41 Å². The van der Waals surface area contributed by atoms with Crippen molar-refractivity contribution >= 4 is 33.3 Å². The number of alkyl halides is 1. The third-order valence-corrected chi connectivity index (χ3v) is 5.44. The van der Waals surface area contributed by atoms with E-state index in [1.54, 1.807) is 12.1 Å².